The summed E-state index contributed by atoms with van der Waals surface area (Å²) >= 11 is 5.84. The van der Waals surface area contributed by atoms with Crippen LogP contribution in [0.2, 0.25) is 5.28 Å². The van der Waals surface area contributed by atoms with Crippen molar-refractivity contribution < 1.29 is 0 Å². The van der Waals surface area contributed by atoms with Crippen molar-refractivity contribution in [2.45, 2.75) is 52.1 Å². The van der Waals surface area contributed by atoms with Crippen molar-refractivity contribution in [3.8, 4) is 0 Å². The molecule has 4 nitrogen and oxygen atoms in total. The second-order valence-electron chi connectivity index (χ2n) is 6.21. The van der Waals surface area contributed by atoms with Gasteiger partial charge in [0.05, 0.1) is 0 Å². The lowest BCUT2D eigenvalue weighted by Crippen LogP contribution is -2.47. The first-order chi connectivity index (χ1) is 8.88. The van der Waals surface area contributed by atoms with Gasteiger partial charge < -0.3 is 5.32 Å². The van der Waals surface area contributed by atoms with E-state index in [1.54, 1.807) is 6.20 Å². The Morgan fingerprint density at radius 2 is 2.21 bits per heavy atom. The second kappa shape index (κ2) is 5.63. The normalized spacial score (nSPS) is 20.8. The number of anilines is 1. The SMILES string of the molecule is Cc1cnc(Cl)nc1NC[C@H]1CCCN1C(C)(C)C. The smallest absolute Gasteiger partial charge is 0.224 e. The van der Waals surface area contributed by atoms with Crippen LogP contribution in [0.5, 0.6) is 0 Å². The molecule has 2 heterocycles. The molecule has 0 spiro atoms. The molecule has 19 heavy (non-hydrogen) atoms. The predicted octanol–water partition coefficient (Wildman–Crippen LogP) is 3.11. The lowest BCUT2D eigenvalue weighted by atomic mass is 10.0. The van der Waals surface area contributed by atoms with Crippen LogP contribution in [0, 0.1) is 6.92 Å². The van der Waals surface area contributed by atoms with Crippen molar-refractivity contribution in [1.82, 2.24) is 14.9 Å². The minimum absolute atomic E-state index is 0.223. The Kier molecular flexibility index (Phi) is 4.31. The average molecular weight is 283 g/mol. The fourth-order valence-electron chi connectivity index (χ4n) is 2.75. The first-order valence-electron chi connectivity index (χ1n) is 6.87. The monoisotopic (exact) mass is 282 g/mol. The molecule has 106 valence electrons. The molecule has 1 aliphatic heterocycles. The number of likely N-dealkylation sites (tertiary alicyclic amines) is 1. The molecule has 5 heteroatoms. The number of hydrogen-bond acceptors (Lipinski definition) is 4. The summed E-state index contributed by atoms with van der Waals surface area (Å²) in [6, 6.07) is 0.563. The van der Waals surface area contributed by atoms with E-state index in [0.717, 1.165) is 17.9 Å². The summed E-state index contributed by atoms with van der Waals surface area (Å²) in [6.45, 7) is 10.9. The van der Waals surface area contributed by atoms with E-state index < -0.39 is 0 Å². The van der Waals surface area contributed by atoms with Crippen molar-refractivity contribution in [2.24, 2.45) is 0 Å². The standard InChI is InChI=1S/C14H23ClN4/c1-10-8-17-13(15)18-12(10)16-9-11-6-5-7-19(11)14(2,3)4/h8,11H,5-7,9H2,1-4H3,(H,16,17,18)/t11-/m1/s1. The van der Waals surface area contributed by atoms with Crippen molar-refractivity contribution in [2.75, 3.05) is 18.4 Å². The van der Waals surface area contributed by atoms with Gasteiger partial charge in [0.15, 0.2) is 0 Å². The van der Waals surface area contributed by atoms with Gasteiger partial charge in [-0.1, -0.05) is 0 Å². The maximum Gasteiger partial charge on any atom is 0.224 e. The topological polar surface area (TPSA) is 41.1 Å². The van der Waals surface area contributed by atoms with Crippen LogP contribution in [0.25, 0.3) is 0 Å². The van der Waals surface area contributed by atoms with E-state index in [1.807, 2.05) is 6.92 Å². The highest BCUT2D eigenvalue weighted by Gasteiger charge is 2.32. The molecule has 0 aromatic carbocycles. The highest BCUT2D eigenvalue weighted by atomic mass is 35.5. The summed E-state index contributed by atoms with van der Waals surface area (Å²) in [6.07, 6.45) is 4.27. The number of rotatable bonds is 3. The summed E-state index contributed by atoms with van der Waals surface area (Å²) in [5.74, 6) is 0.848. The number of nitrogens with zero attached hydrogens (tertiary/aromatic N) is 3. The van der Waals surface area contributed by atoms with Crippen molar-refractivity contribution in [3.63, 3.8) is 0 Å². The first kappa shape index (κ1) is 14.5. The van der Waals surface area contributed by atoms with Gasteiger partial charge in [-0.15, -0.1) is 0 Å². The summed E-state index contributed by atoms with van der Waals surface area (Å²) in [5, 5.41) is 3.72. The minimum atomic E-state index is 0.223. The fraction of sp³-hybridized carbons (Fsp3) is 0.714. The maximum atomic E-state index is 5.84. The second-order valence-corrected chi connectivity index (χ2v) is 6.55. The van der Waals surface area contributed by atoms with Crippen molar-refractivity contribution in [1.29, 1.82) is 0 Å². The Morgan fingerprint density at radius 1 is 1.47 bits per heavy atom. The third-order valence-corrected chi connectivity index (χ3v) is 3.87. The molecule has 2 rings (SSSR count). The van der Waals surface area contributed by atoms with Crippen LogP contribution in [0.1, 0.15) is 39.2 Å². The van der Waals surface area contributed by atoms with Crippen molar-refractivity contribution in [3.05, 3.63) is 17.0 Å². The summed E-state index contributed by atoms with van der Waals surface area (Å²) in [5.41, 5.74) is 1.26. The molecule has 0 aliphatic carbocycles. The molecule has 1 aromatic heterocycles. The largest absolute Gasteiger partial charge is 0.368 e. The number of nitrogens with one attached hydrogen (secondary N) is 1. The van der Waals surface area contributed by atoms with Crippen LogP contribution < -0.4 is 5.32 Å². The molecule has 1 saturated heterocycles. The number of aryl methyl sites for hydroxylation is 1. The van der Waals surface area contributed by atoms with Crippen LogP contribution in [-0.2, 0) is 0 Å². The number of aromatic nitrogens is 2. The van der Waals surface area contributed by atoms with Crippen LogP contribution in [0.15, 0.2) is 6.20 Å². The van der Waals surface area contributed by atoms with Gasteiger partial charge in [0, 0.05) is 29.9 Å². The number of halogens is 1. The van der Waals surface area contributed by atoms with Gasteiger partial charge in [-0.3, -0.25) is 4.90 Å². The average Bonchev–Trinajstić information content (AvgIpc) is 2.78. The molecule has 0 unspecified atom stereocenters. The third kappa shape index (κ3) is 3.57. The molecular weight excluding hydrogens is 260 g/mol. The molecule has 0 bridgehead atoms. The molecule has 1 aromatic rings. The van der Waals surface area contributed by atoms with Crippen LogP contribution in [-0.4, -0.2) is 39.5 Å². The van der Waals surface area contributed by atoms with Gasteiger partial charge in [-0.2, -0.15) is 0 Å². The minimum Gasteiger partial charge on any atom is -0.368 e. The maximum absolute atomic E-state index is 5.84. The van der Waals surface area contributed by atoms with E-state index in [-0.39, 0.29) is 5.54 Å². The van der Waals surface area contributed by atoms with E-state index in [1.165, 1.54) is 19.4 Å². The predicted molar refractivity (Wildman–Crippen MR) is 79.7 cm³/mol. The van der Waals surface area contributed by atoms with E-state index in [0.29, 0.717) is 11.3 Å². The summed E-state index contributed by atoms with van der Waals surface area (Å²) in [7, 11) is 0. The molecule has 1 N–H and O–H groups in total. The summed E-state index contributed by atoms with van der Waals surface area (Å²) < 4.78 is 0. The molecule has 0 saturated carbocycles. The van der Waals surface area contributed by atoms with Gasteiger partial charge in [-0.05, 0) is 58.7 Å². The van der Waals surface area contributed by atoms with Crippen LogP contribution in [0.4, 0.5) is 5.82 Å². The highest BCUT2D eigenvalue weighted by Crippen LogP contribution is 2.26. The zero-order valence-electron chi connectivity index (χ0n) is 12.2. The van der Waals surface area contributed by atoms with Crippen LogP contribution >= 0.6 is 11.6 Å². The lowest BCUT2D eigenvalue weighted by Gasteiger charge is -2.37. The first-order valence-corrected chi connectivity index (χ1v) is 7.25. The number of hydrogen-bond donors (Lipinski definition) is 1. The molecular formula is C14H23ClN4. The zero-order chi connectivity index (χ0) is 14.0. The highest BCUT2D eigenvalue weighted by molar-refractivity contribution is 6.28. The van der Waals surface area contributed by atoms with Gasteiger partial charge in [0.25, 0.3) is 0 Å². The molecule has 1 aliphatic rings. The van der Waals surface area contributed by atoms with E-state index >= 15 is 0 Å². The van der Waals surface area contributed by atoms with Gasteiger partial charge in [0.1, 0.15) is 5.82 Å². The Balaban J connectivity index is 2.00. The Bertz CT molecular complexity index is 442. The van der Waals surface area contributed by atoms with Crippen molar-refractivity contribution >= 4 is 17.4 Å². The summed E-state index contributed by atoms with van der Waals surface area (Å²) in [4.78, 5) is 10.8. The van der Waals surface area contributed by atoms with Gasteiger partial charge >= 0.3 is 0 Å². The Morgan fingerprint density at radius 3 is 2.89 bits per heavy atom. The quantitative estimate of drug-likeness (QED) is 0.865. The van der Waals surface area contributed by atoms with Gasteiger partial charge in [-0.25, -0.2) is 9.97 Å². The Labute approximate surface area is 120 Å². The Hall–Kier alpha value is -0.870. The molecule has 0 radical (unpaired) electrons. The van der Waals surface area contributed by atoms with E-state index in [9.17, 15) is 0 Å². The molecule has 0 amide bonds. The molecule has 1 atom stereocenters. The van der Waals surface area contributed by atoms with E-state index in [2.05, 4.69) is 41.0 Å². The fourth-order valence-corrected chi connectivity index (χ4v) is 2.88. The molecule has 1 fully saturated rings. The lowest BCUT2D eigenvalue weighted by molar-refractivity contribution is 0.127. The van der Waals surface area contributed by atoms with Crippen LogP contribution in [0.3, 0.4) is 0 Å². The van der Waals surface area contributed by atoms with E-state index in [4.69, 9.17) is 11.6 Å². The van der Waals surface area contributed by atoms with Gasteiger partial charge in [0.2, 0.25) is 5.28 Å². The zero-order valence-corrected chi connectivity index (χ0v) is 13.0. The third-order valence-electron chi connectivity index (χ3n) is 3.69.